The summed E-state index contributed by atoms with van der Waals surface area (Å²) in [5, 5.41) is 7.28. The van der Waals surface area contributed by atoms with E-state index in [0.29, 0.717) is 11.4 Å². The van der Waals surface area contributed by atoms with Crippen molar-refractivity contribution in [3.8, 4) is 0 Å². The molecule has 1 amide bonds. The average Bonchev–Trinajstić information content (AvgIpc) is 2.46. The number of carbonyl (C=O) groups is 1. The normalized spacial score (nSPS) is 10.7. The van der Waals surface area contributed by atoms with Crippen molar-refractivity contribution in [3.05, 3.63) is 35.9 Å². The van der Waals surface area contributed by atoms with Crippen LogP contribution in [0, 0.1) is 0 Å². The summed E-state index contributed by atoms with van der Waals surface area (Å²) in [6.45, 7) is 4.81. The molecular weight excluding hydrogens is 252 g/mol. The number of nitrogens with two attached hydrogens (primary N) is 1. The third-order valence-corrected chi connectivity index (χ3v) is 3.07. The predicted octanol–water partition coefficient (Wildman–Crippen LogP) is 1.75. The Bertz CT molecular complexity index is 597. The maximum Gasteiger partial charge on any atom is 0.249 e. The second-order valence-electron chi connectivity index (χ2n) is 4.57. The minimum atomic E-state index is -0.431. The third-order valence-electron chi connectivity index (χ3n) is 3.07. The molecule has 5 nitrogen and oxygen atoms in total. The van der Waals surface area contributed by atoms with Crippen LogP contribution in [0.2, 0.25) is 0 Å². The van der Waals surface area contributed by atoms with Gasteiger partial charge < -0.3 is 16.4 Å². The zero-order valence-electron chi connectivity index (χ0n) is 11.6. The van der Waals surface area contributed by atoms with Crippen LogP contribution < -0.4 is 16.4 Å². The lowest BCUT2D eigenvalue weighted by Gasteiger charge is -2.09. The number of nitrogens with one attached hydrogen (secondary N) is 2. The maximum absolute atomic E-state index is 11.5. The quantitative estimate of drug-likeness (QED) is 0.671. The first-order chi connectivity index (χ1) is 9.72. The Hall–Kier alpha value is -2.14. The van der Waals surface area contributed by atoms with Gasteiger partial charge in [0.25, 0.3) is 0 Å². The van der Waals surface area contributed by atoms with Gasteiger partial charge >= 0.3 is 0 Å². The molecule has 0 unspecified atom stereocenters. The predicted molar refractivity (Wildman–Crippen MR) is 81.9 cm³/mol. The molecule has 0 radical (unpaired) electrons. The summed E-state index contributed by atoms with van der Waals surface area (Å²) in [5.41, 5.74) is 6.72. The molecule has 0 aliphatic heterocycles. The summed E-state index contributed by atoms with van der Waals surface area (Å²) < 4.78 is 0. The molecule has 0 saturated heterocycles. The molecule has 2 rings (SSSR count). The van der Waals surface area contributed by atoms with Crippen LogP contribution >= 0.6 is 0 Å². The monoisotopic (exact) mass is 272 g/mol. The lowest BCUT2D eigenvalue weighted by Crippen LogP contribution is -2.18. The van der Waals surface area contributed by atoms with E-state index in [9.17, 15) is 4.79 Å². The molecule has 106 valence electrons. The van der Waals surface area contributed by atoms with Gasteiger partial charge in [-0.25, -0.2) is 4.98 Å². The van der Waals surface area contributed by atoms with E-state index in [2.05, 4.69) is 22.5 Å². The Morgan fingerprint density at radius 2 is 2.10 bits per heavy atom. The zero-order valence-corrected chi connectivity index (χ0v) is 11.6. The van der Waals surface area contributed by atoms with Crippen molar-refractivity contribution in [1.29, 1.82) is 0 Å². The first-order valence-electron chi connectivity index (χ1n) is 6.86. The highest BCUT2D eigenvalue weighted by molar-refractivity contribution is 6.06. The summed E-state index contributed by atoms with van der Waals surface area (Å²) in [4.78, 5) is 16.0. The van der Waals surface area contributed by atoms with Gasteiger partial charge in [0.05, 0.1) is 11.1 Å². The Morgan fingerprint density at radius 3 is 2.85 bits per heavy atom. The van der Waals surface area contributed by atoms with E-state index in [4.69, 9.17) is 5.73 Å². The first kappa shape index (κ1) is 14.3. The molecule has 20 heavy (non-hydrogen) atoms. The number of primary amides is 1. The summed E-state index contributed by atoms with van der Waals surface area (Å²) in [6, 6.07) is 9.23. The van der Waals surface area contributed by atoms with E-state index >= 15 is 0 Å². The highest BCUT2D eigenvalue weighted by atomic mass is 16.1. The van der Waals surface area contributed by atoms with Crippen molar-refractivity contribution < 1.29 is 4.79 Å². The number of hydrogen-bond donors (Lipinski definition) is 3. The van der Waals surface area contributed by atoms with E-state index in [-0.39, 0.29) is 0 Å². The topological polar surface area (TPSA) is 80.0 Å². The largest absolute Gasteiger partial charge is 0.370 e. The molecule has 0 bridgehead atoms. The fourth-order valence-electron chi connectivity index (χ4n) is 2.08. The molecule has 1 aromatic heterocycles. The van der Waals surface area contributed by atoms with E-state index in [0.717, 1.165) is 37.0 Å². The van der Waals surface area contributed by atoms with Gasteiger partial charge in [0, 0.05) is 11.9 Å². The molecule has 0 aliphatic carbocycles. The van der Waals surface area contributed by atoms with Crippen molar-refractivity contribution in [1.82, 2.24) is 10.3 Å². The second-order valence-corrected chi connectivity index (χ2v) is 4.57. The number of rotatable bonds is 7. The minimum Gasteiger partial charge on any atom is -0.370 e. The zero-order chi connectivity index (χ0) is 14.4. The number of carbonyl (C=O) groups excluding carboxylic acids is 1. The van der Waals surface area contributed by atoms with Crippen LogP contribution in [0.3, 0.4) is 0 Å². The lowest BCUT2D eigenvalue weighted by atomic mass is 10.1. The van der Waals surface area contributed by atoms with Crippen LogP contribution in [0.1, 0.15) is 23.7 Å². The molecule has 0 saturated carbocycles. The van der Waals surface area contributed by atoms with E-state index in [1.54, 1.807) is 6.07 Å². The number of anilines is 1. The molecule has 1 aromatic carbocycles. The SMILES string of the molecule is CCNCCCNc1cc(C(N)=O)c2ccccc2n1. The molecular formula is C15H20N4O. The standard InChI is InChI=1S/C15H20N4O/c1-2-17-8-5-9-18-14-10-12(15(16)20)11-6-3-4-7-13(11)19-14/h3-4,6-7,10,17H,2,5,8-9H2,1H3,(H2,16,20)(H,18,19). The Labute approximate surface area is 118 Å². The first-order valence-corrected chi connectivity index (χ1v) is 6.86. The maximum atomic E-state index is 11.5. The van der Waals surface area contributed by atoms with Crippen molar-refractivity contribution >= 4 is 22.6 Å². The van der Waals surface area contributed by atoms with Gasteiger partial charge in [-0.2, -0.15) is 0 Å². The molecule has 0 aliphatic rings. The fraction of sp³-hybridized carbons (Fsp3) is 0.333. The third kappa shape index (κ3) is 3.45. The van der Waals surface area contributed by atoms with Crippen LogP contribution in [0.5, 0.6) is 0 Å². The van der Waals surface area contributed by atoms with Gasteiger partial charge in [0.2, 0.25) is 5.91 Å². The van der Waals surface area contributed by atoms with Gasteiger partial charge in [-0.15, -0.1) is 0 Å². The highest BCUT2D eigenvalue weighted by Crippen LogP contribution is 2.20. The Balaban J connectivity index is 2.15. The molecule has 0 atom stereocenters. The van der Waals surface area contributed by atoms with Crippen LogP contribution in [-0.2, 0) is 0 Å². The number of pyridine rings is 1. The van der Waals surface area contributed by atoms with Crippen LogP contribution in [0.25, 0.3) is 10.9 Å². The number of hydrogen-bond acceptors (Lipinski definition) is 4. The summed E-state index contributed by atoms with van der Waals surface area (Å²) >= 11 is 0. The smallest absolute Gasteiger partial charge is 0.249 e. The van der Waals surface area contributed by atoms with E-state index in [1.807, 2.05) is 24.3 Å². The van der Waals surface area contributed by atoms with Crippen LogP contribution in [0.15, 0.2) is 30.3 Å². The van der Waals surface area contributed by atoms with Crippen molar-refractivity contribution in [3.63, 3.8) is 0 Å². The fourth-order valence-corrected chi connectivity index (χ4v) is 2.08. The highest BCUT2D eigenvalue weighted by Gasteiger charge is 2.09. The van der Waals surface area contributed by atoms with E-state index < -0.39 is 5.91 Å². The van der Waals surface area contributed by atoms with Crippen LogP contribution in [-0.4, -0.2) is 30.5 Å². The molecule has 5 heteroatoms. The van der Waals surface area contributed by atoms with Gasteiger partial charge in [0.15, 0.2) is 0 Å². The van der Waals surface area contributed by atoms with Gasteiger partial charge in [-0.05, 0) is 31.6 Å². The van der Waals surface area contributed by atoms with Gasteiger partial charge in [-0.1, -0.05) is 25.1 Å². The number of nitrogens with zero attached hydrogens (tertiary/aromatic N) is 1. The van der Waals surface area contributed by atoms with Gasteiger partial charge in [0.1, 0.15) is 5.82 Å². The molecule has 2 aromatic rings. The van der Waals surface area contributed by atoms with Crippen molar-refractivity contribution in [2.45, 2.75) is 13.3 Å². The lowest BCUT2D eigenvalue weighted by molar-refractivity contribution is 0.100. The molecule has 0 fully saturated rings. The molecule has 4 N–H and O–H groups in total. The average molecular weight is 272 g/mol. The summed E-state index contributed by atoms with van der Waals surface area (Å²) in [6.07, 6.45) is 0.994. The number of amides is 1. The van der Waals surface area contributed by atoms with Crippen molar-refractivity contribution in [2.24, 2.45) is 5.73 Å². The van der Waals surface area contributed by atoms with Crippen LogP contribution in [0.4, 0.5) is 5.82 Å². The van der Waals surface area contributed by atoms with E-state index in [1.165, 1.54) is 0 Å². The second kappa shape index (κ2) is 6.86. The molecule has 1 heterocycles. The summed E-state index contributed by atoms with van der Waals surface area (Å²) in [7, 11) is 0. The summed E-state index contributed by atoms with van der Waals surface area (Å²) in [5.74, 6) is 0.258. The van der Waals surface area contributed by atoms with Crippen molar-refractivity contribution in [2.75, 3.05) is 25.0 Å². The van der Waals surface area contributed by atoms with Gasteiger partial charge in [-0.3, -0.25) is 4.79 Å². The Morgan fingerprint density at radius 1 is 1.30 bits per heavy atom. The number of fused-ring (bicyclic) bond motifs is 1. The number of para-hydroxylation sites is 1. The Kier molecular flexibility index (Phi) is 4.90. The number of benzene rings is 1. The minimum absolute atomic E-state index is 0.431. The molecule has 0 spiro atoms. The number of aromatic nitrogens is 1.